The summed E-state index contributed by atoms with van der Waals surface area (Å²) in [6.07, 6.45) is 1.43. The van der Waals surface area contributed by atoms with Gasteiger partial charge in [0, 0.05) is 5.02 Å². The van der Waals surface area contributed by atoms with Crippen LogP contribution in [0.3, 0.4) is 0 Å². The molecule has 0 aliphatic carbocycles. The van der Waals surface area contributed by atoms with Gasteiger partial charge in [0.15, 0.2) is 6.61 Å². The molecule has 0 fully saturated rings. The van der Waals surface area contributed by atoms with Gasteiger partial charge < -0.3 is 9.47 Å². The van der Waals surface area contributed by atoms with Crippen molar-refractivity contribution in [2.75, 3.05) is 6.61 Å². The van der Waals surface area contributed by atoms with Crippen LogP contribution in [0.25, 0.3) is 11.1 Å². The Labute approximate surface area is 218 Å². The van der Waals surface area contributed by atoms with Gasteiger partial charge in [-0.05, 0) is 59.2 Å². The second-order valence-electron chi connectivity index (χ2n) is 7.56. The van der Waals surface area contributed by atoms with E-state index in [1.165, 1.54) is 18.3 Å². The van der Waals surface area contributed by atoms with Crippen molar-refractivity contribution in [3.05, 3.63) is 118 Å². The fraction of sp³-hybridized carbons (Fsp3) is 0.0357. The van der Waals surface area contributed by atoms with Gasteiger partial charge in [0.2, 0.25) is 0 Å². The molecule has 0 unspecified atom stereocenters. The summed E-state index contributed by atoms with van der Waals surface area (Å²) >= 11 is 11.9. The highest BCUT2D eigenvalue weighted by Gasteiger charge is 2.13. The quantitative estimate of drug-likeness (QED) is 0.126. The Hall–Kier alpha value is -4.13. The highest BCUT2D eigenvalue weighted by Crippen LogP contribution is 2.24. The van der Waals surface area contributed by atoms with Gasteiger partial charge in [0.1, 0.15) is 11.5 Å². The minimum absolute atomic E-state index is 0.193. The lowest BCUT2D eigenvalue weighted by Crippen LogP contribution is -2.24. The van der Waals surface area contributed by atoms with Crippen molar-refractivity contribution >= 4 is 41.3 Å². The van der Waals surface area contributed by atoms with E-state index in [-0.39, 0.29) is 17.2 Å². The lowest BCUT2D eigenvalue weighted by atomic mass is 10.1. The number of carbonyl (C=O) groups is 2. The first-order valence-electron chi connectivity index (χ1n) is 10.9. The number of ether oxygens (including phenoxy) is 2. The summed E-state index contributed by atoms with van der Waals surface area (Å²) in [6.45, 7) is -0.193. The predicted octanol–water partition coefficient (Wildman–Crippen LogP) is 6.41. The van der Waals surface area contributed by atoms with E-state index >= 15 is 0 Å². The molecule has 4 aromatic rings. The molecule has 4 rings (SSSR count). The molecule has 0 aliphatic rings. The van der Waals surface area contributed by atoms with E-state index in [1.54, 1.807) is 30.3 Å². The Kier molecular flexibility index (Phi) is 8.34. The van der Waals surface area contributed by atoms with Gasteiger partial charge in [-0.3, -0.25) is 4.79 Å². The first-order valence-corrected chi connectivity index (χ1v) is 11.6. The number of halogens is 2. The van der Waals surface area contributed by atoms with Crippen LogP contribution in [0, 0.1) is 0 Å². The fourth-order valence-corrected chi connectivity index (χ4v) is 3.70. The number of nitrogens with one attached hydrogen (secondary N) is 1. The zero-order valence-corrected chi connectivity index (χ0v) is 20.4. The highest BCUT2D eigenvalue weighted by molar-refractivity contribution is 6.36. The van der Waals surface area contributed by atoms with E-state index in [0.29, 0.717) is 22.1 Å². The molecular weight excluding hydrogens is 499 g/mol. The van der Waals surface area contributed by atoms with Gasteiger partial charge in [-0.1, -0.05) is 77.8 Å². The maximum absolute atomic E-state index is 12.4. The van der Waals surface area contributed by atoms with Gasteiger partial charge in [0.25, 0.3) is 5.91 Å². The van der Waals surface area contributed by atoms with Crippen molar-refractivity contribution in [2.24, 2.45) is 5.10 Å². The van der Waals surface area contributed by atoms with Gasteiger partial charge in [0.05, 0.1) is 16.8 Å². The van der Waals surface area contributed by atoms with Crippen LogP contribution in [0.2, 0.25) is 10.0 Å². The third-order valence-corrected chi connectivity index (χ3v) is 5.50. The van der Waals surface area contributed by atoms with Gasteiger partial charge in [-0.25, -0.2) is 10.2 Å². The van der Waals surface area contributed by atoms with Crippen molar-refractivity contribution in [1.82, 2.24) is 5.43 Å². The van der Waals surface area contributed by atoms with Crippen LogP contribution in [0.5, 0.6) is 11.5 Å². The molecule has 1 amide bonds. The average molecular weight is 519 g/mol. The largest absolute Gasteiger partial charge is 0.484 e. The number of hydrogen-bond donors (Lipinski definition) is 1. The molecule has 0 aliphatic heterocycles. The first-order chi connectivity index (χ1) is 17.5. The second kappa shape index (κ2) is 12.0. The zero-order chi connectivity index (χ0) is 25.3. The van der Waals surface area contributed by atoms with Crippen LogP contribution in [0.1, 0.15) is 15.9 Å². The molecule has 1 N–H and O–H groups in total. The number of amides is 1. The summed E-state index contributed by atoms with van der Waals surface area (Å²) in [4.78, 5) is 24.5. The van der Waals surface area contributed by atoms with Gasteiger partial charge >= 0.3 is 5.97 Å². The molecule has 0 saturated heterocycles. The molecule has 8 heteroatoms. The standard InChI is InChI=1S/C28H20Cl2N2O4/c29-22-11-14-25(26(30)16-22)28(34)36-24-8-4-5-19(15-24)17-31-32-27(33)18-35-23-12-9-21(10-13-23)20-6-2-1-3-7-20/h1-17H,18H2,(H,32,33). The Morgan fingerprint density at radius 1 is 0.806 bits per heavy atom. The van der Waals surface area contributed by atoms with Crippen LogP contribution in [-0.4, -0.2) is 24.7 Å². The van der Waals surface area contributed by atoms with Crippen molar-refractivity contribution in [2.45, 2.75) is 0 Å². The molecule has 0 aromatic heterocycles. The Balaban J connectivity index is 1.27. The van der Waals surface area contributed by atoms with Crippen LogP contribution in [0.15, 0.2) is 102 Å². The molecular formula is C28H20Cl2N2O4. The molecule has 0 atom stereocenters. The number of carbonyl (C=O) groups excluding carboxylic acids is 2. The summed E-state index contributed by atoms with van der Waals surface area (Å²) in [5.41, 5.74) is 5.37. The second-order valence-corrected chi connectivity index (χ2v) is 8.40. The summed E-state index contributed by atoms with van der Waals surface area (Å²) in [5.74, 6) is -0.168. The van der Waals surface area contributed by atoms with Crippen molar-refractivity contribution in [3.63, 3.8) is 0 Å². The van der Waals surface area contributed by atoms with Crippen molar-refractivity contribution in [3.8, 4) is 22.6 Å². The smallest absolute Gasteiger partial charge is 0.345 e. The van der Waals surface area contributed by atoms with E-state index in [0.717, 1.165) is 11.1 Å². The number of hydrogen-bond acceptors (Lipinski definition) is 5. The lowest BCUT2D eigenvalue weighted by molar-refractivity contribution is -0.123. The highest BCUT2D eigenvalue weighted by atomic mass is 35.5. The number of benzene rings is 4. The van der Waals surface area contributed by atoms with E-state index < -0.39 is 11.9 Å². The molecule has 0 bridgehead atoms. The summed E-state index contributed by atoms with van der Waals surface area (Å²) in [7, 11) is 0. The molecule has 0 radical (unpaired) electrons. The zero-order valence-electron chi connectivity index (χ0n) is 18.9. The SMILES string of the molecule is O=C(COc1ccc(-c2ccccc2)cc1)NN=Cc1cccc(OC(=O)c2ccc(Cl)cc2Cl)c1. The number of rotatable bonds is 8. The summed E-state index contributed by atoms with van der Waals surface area (Å²) in [6, 6.07) is 28.6. The summed E-state index contributed by atoms with van der Waals surface area (Å²) < 4.78 is 10.9. The topological polar surface area (TPSA) is 77.0 Å². The van der Waals surface area contributed by atoms with Crippen molar-refractivity contribution in [1.29, 1.82) is 0 Å². The summed E-state index contributed by atoms with van der Waals surface area (Å²) in [5, 5.41) is 4.55. The Morgan fingerprint density at radius 3 is 2.31 bits per heavy atom. The maximum Gasteiger partial charge on any atom is 0.345 e. The van der Waals surface area contributed by atoms with E-state index in [9.17, 15) is 9.59 Å². The van der Waals surface area contributed by atoms with Crippen LogP contribution in [-0.2, 0) is 4.79 Å². The Morgan fingerprint density at radius 2 is 1.56 bits per heavy atom. The lowest BCUT2D eigenvalue weighted by Gasteiger charge is -2.07. The van der Waals surface area contributed by atoms with Crippen molar-refractivity contribution < 1.29 is 19.1 Å². The molecule has 6 nitrogen and oxygen atoms in total. The molecule has 4 aromatic carbocycles. The number of esters is 1. The predicted molar refractivity (Wildman–Crippen MR) is 141 cm³/mol. The average Bonchev–Trinajstić information content (AvgIpc) is 2.88. The normalized spacial score (nSPS) is 10.7. The first kappa shape index (κ1) is 25.0. The van der Waals surface area contributed by atoms with Crippen LogP contribution in [0.4, 0.5) is 0 Å². The van der Waals surface area contributed by atoms with Crippen LogP contribution < -0.4 is 14.9 Å². The minimum atomic E-state index is -0.618. The minimum Gasteiger partial charge on any atom is -0.484 e. The third-order valence-electron chi connectivity index (χ3n) is 4.95. The molecule has 36 heavy (non-hydrogen) atoms. The van der Waals surface area contributed by atoms with Crippen LogP contribution >= 0.6 is 23.2 Å². The number of hydrazone groups is 1. The van der Waals surface area contributed by atoms with Gasteiger partial charge in [-0.2, -0.15) is 5.10 Å². The van der Waals surface area contributed by atoms with Gasteiger partial charge in [-0.15, -0.1) is 0 Å². The number of nitrogens with zero attached hydrogens (tertiary/aromatic N) is 1. The molecule has 0 saturated carbocycles. The van der Waals surface area contributed by atoms with E-state index in [2.05, 4.69) is 10.5 Å². The fourth-order valence-electron chi connectivity index (χ4n) is 3.21. The third kappa shape index (κ3) is 6.95. The van der Waals surface area contributed by atoms with E-state index in [1.807, 2.05) is 54.6 Å². The Bertz CT molecular complexity index is 1390. The maximum atomic E-state index is 12.4. The van der Waals surface area contributed by atoms with E-state index in [4.69, 9.17) is 32.7 Å². The monoisotopic (exact) mass is 518 g/mol. The molecule has 0 heterocycles. The molecule has 0 spiro atoms. The molecule has 180 valence electrons.